The second-order valence-corrected chi connectivity index (χ2v) is 26.5. The van der Waals surface area contributed by atoms with Crippen molar-refractivity contribution in [3.05, 3.63) is 130 Å². The number of fused-ring (bicyclic) bond motifs is 2. The van der Waals surface area contributed by atoms with Gasteiger partial charge in [-0.2, -0.15) is 0 Å². The van der Waals surface area contributed by atoms with E-state index in [4.69, 9.17) is 14.2 Å². The highest BCUT2D eigenvalue weighted by Gasteiger charge is 2.25. The van der Waals surface area contributed by atoms with Crippen LogP contribution in [-0.2, 0) is 30.6 Å². The summed E-state index contributed by atoms with van der Waals surface area (Å²) in [7, 11) is 0. The first-order chi connectivity index (χ1) is 38.4. The van der Waals surface area contributed by atoms with Crippen molar-refractivity contribution in [3.63, 3.8) is 0 Å². The number of piperidine rings is 1. The van der Waals surface area contributed by atoms with Gasteiger partial charge in [0.15, 0.2) is 11.5 Å². The summed E-state index contributed by atoms with van der Waals surface area (Å²) in [5.41, 5.74) is 8.48. The lowest BCUT2D eigenvalue weighted by atomic mass is 9.82. The van der Waals surface area contributed by atoms with E-state index in [9.17, 15) is 4.79 Å². The number of rotatable bonds is 15. The molecule has 0 spiro atoms. The number of benzene rings is 4. The molecule has 450 valence electrons. The maximum Gasteiger partial charge on any atom is 0.410 e. The van der Waals surface area contributed by atoms with Crippen LogP contribution < -0.4 is 9.47 Å². The van der Waals surface area contributed by atoms with Gasteiger partial charge in [-0.15, -0.1) is 0 Å². The Kier molecular flexibility index (Phi) is 35.8. The number of amides is 1. The number of carbonyl (C=O) groups excluding carboxylic acids is 1. The first-order valence-electron chi connectivity index (χ1n) is 32.9. The Morgan fingerprint density at radius 1 is 0.500 bits per heavy atom. The van der Waals surface area contributed by atoms with Crippen molar-refractivity contribution < 1.29 is 19.0 Å². The van der Waals surface area contributed by atoms with Crippen LogP contribution in [0.4, 0.5) is 4.79 Å². The van der Waals surface area contributed by atoms with Gasteiger partial charge in [-0.25, -0.2) is 4.79 Å². The summed E-state index contributed by atoms with van der Waals surface area (Å²) >= 11 is 0. The molecule has 0 N–H and O–H groups in total. The zero-order valence-corrected chi connectivity index (χ0v) is 54.3. The maximum absolute atomic E-state index is 12.0. The van der Waals surface area contributed by atoms with Crippen molar-refractivity contribution in [3.8, 4) is 11.5 Å². The minimum absolute atomic E-state index is 0.175. The second kappa shape index (κ2) is 40.9. The van der Waals surface area contributed by atoms with E-state index in [1.165, 1.54) is 139 Å². The van der Waals surface area contributed by atoms with E-state index in [0.29, 0.717) is 31.2 Å². The van der Waals surface area contributed by atoms with E-state index >= 15 is 0 Å². The number of likely N-dealkylation sites (tertiary alicyclic amines) is 1. The van der Waals surface area contributed by atoms with Crippen LogP contribution in [0.5, 0.6) is 11.5 Å². The largest absolute Gasteiger partial charge is 0.454 e. The van der Waals surface area contributed by atoms with Crippen LogP contribution >= 0.6 is 0 Å². The number of unbranched alkanes of at least 4 members (excludes halogenated alkanes) is 2. The van der Waals surface area contributed by atoms with E-state index < -0.39 is 0 Å². The van der Waals surface area contributed by atoms with Gasteiger partial charge in [0.2, 0.25) is 6.79 Å². The molecule has 2 saturated carbocycles. The van der Waals surface area contributed by atoms with E-state index in [1.54, 1.807) is 11.1 Å². The van der Waals surface area contributed by atoms with Crippen molar-refractivity contribution in [1.29, 1.82) is 0 Å². The molecular formula is C75H121NO4. The standard InChI is InChI=1S/C16H23NO2.C13H20.C12H16.C10H12O2.C9H18.C8H16.C7H16/c1-13(2)15-8-10-17(11-9-15)16(18)19-12-14-6-4-3-5-7-14;1-12(2)8-6-7-11-13-9-4-3-5-10-13;1-9(2)11-7-6-10-4-3-5-12(10)8-11;1-7(2)8-3-4-9-10(5-8)12-6-11-9;1-8(2)9-6-4-3-5-7-9;1-7(2)8-5-3-4-6-8;1-4-5-6-7(2)3/h3-7,13,15H,8-12H2,1-2H3;3-5,9-10,12H,6-8,11H2,1-2H3;6-9H,3-5H2,1-2H3;3-5,7H,6H2,1-2H3;8-9H,3-7H2,1-2H3;7-8H,3-6H2,1-2H3;7H,4-6H2,1-3H3. The lowest BCUT2D eigenvalue weighted by Gasteiger charge is -2.33. The molecule has 1 saturated heterocycles. The molecule has 5 nitrogen and oxygen atoms in total. The van der Waals surface area contributed by atoms with Crippen molar-refractivity contribution >= 4 is 6.09 Å². The predicted octanol–water partition coefficient (Wildman–Crippen LogP) is 22.5. The van der Waals surface area contributed by atoms with E-state index in [2.05, 4.69) is 158 Å². The number of ether oxygens (including phenoxy) is 3. The van der Waals surface area contributed by atoms with Crippen LogP contribution in [-0.4, -0.2) is 30.9 Å². The number of hydrogen-bond acceptors (Lipinski definition) is 4. The number of aryl methyl sites for hydroxylation is 3. The van der Waals surface area contributed by atoms with Crippen molar-refractivity contribution in [2.24, 2.45) is 47.3 Å². The molecule has 4 aromatic rings. The molecule has 0 aromatic heterocycles. The van der Waals surface area contributed by atoms with Crippen molar-refractivity contribution in [2.45, 2.75) is 257 Å². The third kappa shape index (κ3) is 29.6. The molecule has 4 aromatic carbocycles. The zero-order valence-electron chi connectivity index (χ0n) is 54.3. The molecule has 3 aliphatic carbocycles. The van der Waals surface area contributed by atoms with Gasteiger partial charge in [0.25, 0.3) is 0 Å². The van der Waals surface area contributed by atoms with Crippen LogP contribution in [0.15, 0.2) is 97.1 Å². The summed E-state index contributed by atoms with van der Waals surface area (Å²) in [4.78, 5) is 13.8. The Morgan fingerprint density at radius 2 is 0.975 bits per heavy atom. The Morgan fingerprint density at radius 3 is 1.48 bits per heavy atom. The molecule has 0 radical (unpaired) electrons. The summed E-state index contributed by atoms with van der Waals surface area (Å²) < 4.78 is 15.8. The predicted molar refractivity (Wildman–Crippen MR) is 346 cm³/mol. The molecule has 0 atom stereocenters. The van der Waals surface area contributed by atoms with Gasteiger partial charge >= 0.3 is 6.09 Å². The van der Waals surface area contributed by atoms with Crippen molar-refractivity contribution in [2.75, 3.05) is 19.9 Å². The van der Waals surface area contributed by atoms with E-state index in [0.717, 1.165) is 84.4 Å². The molecule has 0 unspecified atom stereocenters. The fourth-order valence-electron chi connectivity index (χ4n) is 11.3. The van der Waals surface area contributed by atoms with Crippen LogP contribution in [0, 0.1) is 47.3 Å². The third-order valence-corrected chi connectivity index (χ3v) is 17.2. The lowest BCUT2D eigenvalue weighted by molar-refractivity contribution is 0.0776. The van der Waals surface area contributed by atoms with Gasteiger partial charge in [0.1, 0.15) is 6.61 Å². The van der Waals surface area contributed by atoms with Gasteiger partial charge in [0, 0.05) is 13.1 Å². The first-order valence-corrected chi connectivity index (χ1v) is 32.9. The Hall–Kier alpha value is -4.25. The molecule has 3 fully saturated rings. The summed E-state index contributed by atoms with van der Waals surface area (Å²) in [6.45, 7) is 36.5. The topological polar surface area (TPSA) is 48.0 Å². The first kappa shape index (κ1) is 70.0. The SMILES string of the molecule is CC(C)C1CCCC1.CC(C)C1CCCCC1.CC(C)C1CCN(C(=O)OCc2ccccc2)CC1.CC(C)CCCCc1ccccc1.CC(C)c1ccc2c(c1)CCC2.CC(C)c1ccc2c(c1)OCO2.CCCCC(C)C. The maximum atomic E-state index is 12.0. The Balaban J connectivity index is 0.000000251. The second-order valence-electron chi connectivity index (χ2n) is 26.5. The lowest BCUT2D eigenvalue weighted by Crippen LogP contribution is -2.39. The average Bonchev–Trinajstić information content (AvgIpc) is 4.29. The molecule has 5 heteroatoms. The monoisotopic (exact) mass is 1100 g/mol. The van der Waals surface area contributed by atoms with Crippen LogP contribution in [0.25, 0.3) is 0 Å². The zero-order chi connectivity index (χ0) is 58.7. The van der Waals surface area contributed by atoms with Gasteiger partial charge in [-0.1, -0.05) is 279 Å². The van der Waals surface area contributed by atoms with Crippen molar-refractivity contribution in [1.82, 2.24) is 4.90 Å². The van der Waals surface area contributed by atoms with E-state index in [-0.39, 0.29) is 6.09 Å². The quantitative estimate of drug-likeness (QED) is 0.111. The highest BCUT2D eigenvalue weighted by molar-refractivity contribution is 5.67. The number of carbonyl (C=O) groups is 1. The van der Waals surface area contributed by atoms with Crippen LogP contribution in [0.2, 0.25) is 0 Å². The minimum Gasteiger partial charge on any atom is -0.454 e. The summed E-state index contributed by atoms with van der Waals surface area (Å²) in [5, 5.41) is 0. The Labute approximate surface area is 493 Å². The number of nitrogens with zero attached hydrogens (tertiary/aromatic N) is 1. The molecule has 2 aliphatic heterocycles. The molecule has 9 rings (SSSR count). The van der Waals surface area contributed by atoms with Gasteiger partial charge in [0.05, 0.1) is 0 Å². The summed E-state index contributed by atoms with van der Waals surface area (Å²) in [5.74, 6) is 10.2. The Bertz CT molecular complexity index is 2080. The van der Waals surface area contributed by atoms with Gasteiger partial charge in [-0.3, -0.25) is 0 Å². The van der Waals surface area contributed by atoms with Gasteiger partial charge in [-0.05, 0) is 150 Å². The average molecular weight is 1100 g/mol. The third-order valence-electron chi connectivity index (χ3n) is 17.2. The molecule has 80 heavy (non-hydrogen) atoms. The van der Waals surface area contributed by atoms with E-state index in [1.807, 2.05) is 47.4 Å². The molecule has 2 heterocycles. The summed E-state index contributed by atoms with van der Waals surface area (Å²) in [6.07, 6.45) is 28.9. The smallest absolute Gasteiger partial charge is 0.410 e. The van der Waals surface area contributed by atoms with Crippen LogP contribution in [0.3, 0.4) is 0 Å². The fourth-order valence-corrected chi connectivity index (χ4v) is 11.3. The minimum atomic E-state index is -0.175. The molecule has 0 bridgehead atoms. The highest BCUT2D eigenvalue weighted by atomic mass is 16.7. The van der Waals surface area contributed by atoms with Crippen LogP contribution in [0.1, 0.15) is 265 Å². The van der Waals surface area contributed by atoms with Gasteiger partial charge < -0.3 is 19.1 Å². The highest BCUT2D eigenvalue weighted by Crippen LogP contribution is 2.35. The molecule has 5 aliphatic rings. The molecular weight excluding hydrogens is 979 g/mol. The fraction of sp³-hybridized carbons (Fsp3) is 0.667. The molecule has 1 amide bonds. The summed E-state index contributed by atoms with van der Waals surface area (Å²) in [6, 6.07) is 33.7. The number of hydrogen-bond donors (Lipinski definition) is 0. The normalized spacial score (nSPS) is 15.8.